The number of hydrogen-bond donors (Lipinski definition) is 1. The number of halogens is 2. The van der Waals surface area contributed by atoms with E-state index in [1.54, 1.807) is 18.2 Å². The van der Waals surface area contributed by atoms with E-state index >= 15 is 0 Å². The van der Waals surface area contributed by atoms with E-state index < -0.39 is 5.82 Å². The van der Waals surface area contributed by atoms with Gasteiger partial charge in [0, 0.05) is 27.1 Å². The number of benzene rings is 2. The number of rotatable bonds is 4. The summed E-state index contributed by atoms with van der Waals surface area (Å²) in [6, 6.07) is 10.0. The van der Waals surface area contributed by atoms with Crippen molar-refractivity contribution >= 4 is 40.9 Å². The molecule has 0 atom stereocenters. The quantitative estimate of drug-likeness (QED) is 0.776. The zero-order chi connectivity index (χ0) is 19.7. The van der Waals surface area contributed by atoms with Crippen LogP contribution in [0.2, 0.25) is 5.02 Å². The van der Waals surface area contributed by atoms with Gasteiger partial charge in [-0.3, -0.25) is 9.59 Å². The molecule has 28 heavy (non-hydrogen) atoms. The molecule has 146 valence electrons. The summed E-state index contributed by atoms with van der Waals surface area (Å²) in [5, 5.41) is 3.35. The molecule has 4 rings (SSSR count). The lowest BCUT2D eigenvalue weighted by atomic mass is 10.1. The first kappa shape index (κ1) is 19.3. The van der Waals surface area contributed by atoms with Crippen molar-refractivity contribution in [1.29, 1.82) is 0 Å². The molecule has 1 heterocycles. The van der Waals surface area contributed by atoms with Crippen molar-refractivity contribution in [2.24, 2.45) is 0 Å². The molecule has 1 saturated carbocycles. The summed E-state index contributed by atoms with van der Waals surface area (Å²) in [5.41, 5.74) is 1.40. The van der Waals surface area contributed by atoms with Gasteiger partial charge in [0.1, 0.15) is 5.82 Å². The van der Waals surface area contributed by atoms with Gasteiger partial charge in [0.2, 0.25) is 5.91 Å². The highest BCUT2D eigenvalue weighted by Crippen LogP contribution is 2.37. The van der Waals surface area contributed by atoms with Crippen LogP contribution in [0.1, 0.15) is 41.6 Å². The third-order valence-corrected chi connectivity index (χ3v) is 6.63. The fraction of sp³-hybridized carbons (Fsp3) is 0.333. The molecule has 0 spiro atoms. The van der Waals surface area contributed by atoms with Gasteiger partial charge in [-0.15, -0.1) is 11.8 Å². The van der Waals surface area contributed by atoms with E-state index in [4.69, 9.17) is 11.6 Å². The lowest BCUT2D eigenvalue weighted by Gasteiger charge is -2.30. The lowest BCUT2D eigenvalue weighted by Crippen LogP contribution is -2.36. The van der Waals surface area contributed by atoms with Gasteiger partial charge >= 0.3 is 0 Å². The van der Waals surface area contributed by atoms with Crippen LogP contribution in [-0.4, -0.2) is 23.6 Å². The molecule has 7 heteroatoms. The molecular weight excluding hydrogens is 399 g/mol. The van der Waals surface area contributed by atoms with Crippen LogP contribution >= 0.6 is 23.4 Å². The second-order valence-corrected chi connectivity index (χ2v) is 8.53. The number of fused-ring (bicyclic) bond motifs is 1. The number of thioether (sulfide) groups is 1. The molecule has 4 nitrogen and oxygen atoms in total. The van der Waals surface area contributed by atoms with Crippen molar-refractivity contribution < 1.29 is 14.0 Å². The zero-order valence-corrected chi connectivity index (χ0v) is 16.8. The van der Waals surface area contributed by atoms with E-state index in [-0.39, 0.29) is 40.7 Å². The van der Waals surface area contributed by atoms with Crippen molar-refractivity contribution in [2.75, 3.05) is 10.7 Å². The van der Waals surface area contributed by atoms with Gasteiger partial charge in [0.15, 0.2) is 0 Å². The minimum atomic E-state index is -0.449. The summed E-state index contributed by atoms with van der Waals surface area (Å²) < 4.78 is 14.3. The fourth-order valence-electron chi connectivity index (χ4n) is 3.70. The number of nitrogens with zero attached hydrogens (tertiary/aromatic N) is 1. The Morgan fingerprint density at radius 1 is 1.25 bits per heavy atom. The molecule has 0 unspecified atom stereocenters. The van der Waals surface area contributed by atoms with Crippen molar-refractivity contribution in [3.05, 3.63) is 58.4 Å². The number of amides is 2. The van der Waals surface area contributed by atoms with E-state index in [2.05, 4.69) is 5.32 Å². The first-order chi connectivity index (χ1) is 13.5. The number of nitrogens with one attached hydrogen (secondary N) is 1. The molecule has 1 N–H and O–H groups in total. The summed E-state index contributed by atoms with van der Waals surface area (Å²) >= 11 is 7.58. The van der Waals surface area contributed by atoms with E-state index in [1.165, 1.54) is 28.8 Å². The highest BCUT2D eigenvalue weighted by molar-refractivity contribution is 8.00. The smallest absolute Gasteiger partial charge is 0.251 e. The summed E-state index contributed by atoms with van der Waals surface area (Å²) in [6.07, 6.45) is 4.28. The Bertz CT molecular complexity index is 910. The van der Waals surface area contributed by atoms with Gasteiger partial charge in [-0.05, 0) is 43.2 Å². The van der Waals surface area contributed by atoms with Crippen LogP contribution in [0.25, 0.3) is 0 Å². The van der Waals surface area contributed by atoms with E-state index in [1.807, 2.05) is 6.07 Å². The summed E-state index contributed by atoms with van der Waals surface area (Å²) in [5.74, 6) is -0.450. The van der Waals surface area contributed by atoms with Gasteiger partial charge in [-0.2, -0.15) is 0 Å². The number of hydrogen-bond acceptors (Lipinski definition) is 3. The third-order valence-electron chi connectivity index (χ3n) is 5.23. The van der Waals surface area contributed by atoms with Crippen molar-refractivity contribution in [3.63, 3.8) is 0 Å². The maximum atomic E-state index is 14.3. The maximum Gasteiger partial charge on any atom is 0.251 e. The van der Waals surface area contributed by atoms with Crippen LogP contribution in [0.5, 0.6) is 0 Å². The van der Waals surface area contributed by atoms with Crippen LogP contribution < -0.4 is 10.2 Å². The molecule has 1 aliphatic carbocycles. The van der Waals surface area contributed by atoms with E-state index in [0.717, 1.165) is 30.6 Å². The van der Waals surface area contributed by atoms with Gasteiger partial charge < -0.3 is 10.2 Å². The van der Waals surface area contributed by atoms with E-state index in [9.17, 15) is 14.0 Å². The number of carbonyl (C=O) groups is 2. The van der Waals surface area contributed by atoms with Crippen LogP contribution in [0.3, 0.4) is 0 Å². The molecule has 1 aliphatic heterocycles. The van der Waals surface area contributed by atoms with Gasteiger partial charge in [-0.1, -0.05) is 30.5 Å². The molecule has 2 amide bonds. The van der Waals surface area contributed by atoms with Gasteiger partial charge in [-0.25, -0.2) is 4.39 Å². The second-order valence-electron chi connectivity index (χ2n) is 7.11. The van der Waals surface area contributed by atoms with Crippen LogP contribution in [-0.2, 0) is 11.3 Å². The predicted octanol–water partition coefficient (Wildman–Crippen LogP) is 4.79. The van der Waals surface area contributed by atoms with E-state index in [0.29, 0.717) is 11.3 Å². The molecule has 2 aliphatic rings. The van der Waals surface area contributed by atoms with Crippen LogP contribution in [0.4, 0.5) is 10.1 Å². The molecular formula is C21H20ClFN2O2S. The molecule has 2 aromatic carbocycles. The zero-order valence-electron chi connectivity index (χ0n) is 15.2. The highest BCUT2D eigenvalue weighted by Gasteiger charge is 2.28. The second kappa shape index (κ2) is 8.13. The normalized spacial score (nSPS) is 16.9. The Balaban J connectivity index is 1.63. The van der Waals surface area contributed by atoms with Crippen molar-refractivity contribution in [2.45, 2.75) is 43.2 Å². The topological polar surface area (TPSA) is 49.4 Å². The summed E-state index contributed by atoms with van der Waals surface area (Å²) in [4.78, 5) is 27.6. The molecule has 1 fully saturated rings. The Morgan fingerprint density at radius 2 is 2.04 bits per heavy atom. The van der Waals surface area contributed by atoms with Gasteiger partial charge in [0.05, 0.1) is 18.0 Å². The predicted molar refractivity (Wildman–Crippen MR) is 109 cm³/mol. The van der Waals surface area contributed by atoms with Crippen molar-refractivity contribution in [1.82, 2.24) is 5.32 Å². The Kier molecular flexibility index (Phi) is 5.60. The first-order valence-corrected chi connectivity index (χ1v) is 10.7. The molecule has 0 aromatic heterocycles. The maximum absolute atomic E-state index is 14.3. The lowest BCUT2D eigenvalue weighted by molar-refractivity contribution is -0.116. The minimum absolute atomic E-state index is 0.0333. The molecule has 0 bridgehead atoms. The summed E-state index contributed by atoms with van der Waals surface area (Å²) in [7, 11) is 0. The monoisotopic (exact) mass is 418 g/mol. The van der Waals surface area contributed by atoms with Crippen molar-refractivity contribution in [3.8, 4) is 0 Å². The highest BCUT2D eigenvalue weighted by atomic mass is 35.5. The van der Waals surface area contributed by atoms with Gasteiger partial charge in [0.25, 0.3) is 5.91 Å². The number of carbonyl (C=O) groups excluding carboxylic acids is 2. The average molecular weight is 419 g/mol. The fourth-order valence-corrected chi connectivity index (χ4v) is 4.84. The Labute approximate surface area is 172 Å². The first-order valence-electron chi connectivity index (χ1n) is 9.34. The molecule has 0 saturated heterocycles. The summed E-state index contributed by atoms with van der Waals surface area (Å²) in [6.45, 7) is 0.0333. The third kappa shape index (κ3) is 3.89. The van der Waals surface area contributed by atoms with Crippen LogP contribution in [0.15, 0.2) is 41.3 Å². The molecule has 2 aromatic rings. The van der Waals surface area contributed by atoms with Crippen LogP contribution in [0, 0.1) is 5.82 Å². The Morgan fingerprint density at radius 3 is 2.79 bits per heavy atom. The standard InChI is InChI=1S/C21H20ClFN2O2S/c22-16-6-3-7-17(23)15(16)11-25-18-10-13(8-9-19(18)28-12-20(25)26)21(27)24-14-4-1-2-5-14/h3,6-10,14H,1-2,4-5,11-12H2,(H,24,27). The molecule has 0 radical (unpaired) electrons. The minimum Gasteiger partial charge on any atom is -0.349 e. The number of anilines is 1. The largest absolute Gasteiger partial charge is 0.349 e. The SMILES string of the molecule is O=C(NC1CCCC1)c1ccc2c(c1)N(Cc1c(F)cccc1Cl)C(=O)CS2. The average Bonchev–Trinajstić information content (AvgIpc) is 3.19. The Hall–Kier alpha value is -2.05.